The van der Waals surface area contributed by atoms with Gasteiger partial charge in [0, 0.05) is 0 Å². The third-order valence-corrected chi connectivity index (χ3v) is 2.91. The van der Waals surface area contributed by atoms with Gasteiger partial charge in [-0.2, -0.15) is 0 Å². The van der Waals surface area contributed by atoms with Crippen molar-refractivity contribution in [3.05, 3.63) is 11.6 Å². The standard InChI is InChI=1S/C11H20O/c1-4-9-6-5-7-10(8-9)11(2,3)12/h6,10,12H,4-5,7-8H2,1-3H3/t10-/m0/s1. The molecule has 1 heteroatoms. The molecule has 12 heavy (non-hydrogen) atoms. The maximum absolute atomic E-state index is 9.83. The monoisotopic (exact) mass is 168 g/mol. The van der Waals surface area contributed by atoms with E-state index >= 15 is 0 Å². The number of allylic oxidation sites excluding steroid dienone is 2. The van der Waals surface area contributed by atoms with E-state index < -0.39 is 5.60 Å². The van der Waals surface area contributed by atoms with Crippen molar-refractivity contribution in [1.29, 1.82) is 0 Å². The van der Waals surface area contributed by atoms with Gasteiger partial charge < -0.3 is 5.11 Å². The van der Waals surface area contributed by atoms with E-state index in [1.165, 1.54) is 5.57 Å². The minimum absolute atomic E-state index is 0.470. The molecule has 1 rings (SSSR count). The lowest BCUT2D eigenvalue weighted by atomic mass is 9.78. The molecule has 0 aromatic rings. The molecule has 0 aromatic carbocycles. The molecule has 1 nitrogen and oxygen atoms in total. The van der Waals surface area contributed by atoms with Crippen LogP contribution in [-0.2, 0) is 0 Å². The second-order valence-corrected chi connectivity index (χ2v) is 4.35. The van der Waals surface area contributed by atoms with Crippen LogP contribution in [-0.4, -0.2) is 10.7 Å². The van der Waals surface area contributed by atoms with Crippen LogP contribution in [0.4, 0.5) is 0 Å². The lowest BCUT2D eigenvalue weighted by molar-refractivity contribution is 0.0115. The summed E-state index contributed by atoms with van der Waals surface area (Å²) in [5.74, 6) is 0.470. The molecule has 70 valence electrons. The zero-order chi connectivity index (χ0) is 9.19. The van der Waals surface area contributed by atoms with Crippen molar-refractivity contribution in [1.82, 2.24) is 0 Å². The summed E-state index contributed by atoms with van der Waals surface area (Å²) in [6.45, 7) is 6.05. The summed E-state index contributed by atoms with van der Waals surface area (Å²) in [5.41, 5.74) is 1.03. The number of aliphatic hydroxyl groups is 1. The average Bonchev–Trinajstić information content (AvgIpc) is 2.03. The summed E-state index contributed by atoms with van der Waals surface area (Å²) in [4.78, 5) is 0. The topological polar surface area (TPSA) is 20.2 Å². The maximum Gasteiger partial charge on any atom is 0.0622 e. The molecule has 0 saturated carbocycles. The van der Waals surface area contributed by atoms with Crippen molar-refractivity contribution in [2.45, 2.75) is 52.1 Å². The van der Waals surface area contributed by atoms with Crippen LogP contribution in [0.5, 0.6) is 0 Å². The third kappa shape index (κ3) is 2.34. The van der Waals surface area contributed by atoms with Crippen LogP contribution in [0.15, 0.2) is 11.6 Å². The van der Waals surface area contributed by atoms with Gasteiger partial charge in [0.05, 0.1) is 5.60 Å². The van der Waals surface area contributed by atoms with Crippen LogP contribution >= 0.6 is 0 Å². The first kappa shape index (κ1) is 9.79. The Morgan fingerprint density at radius 3 is 2.75 bits per heavy atom. The van der Waals surface area contributed by atoms with Gasteiger partial charge in [0.15, 0.2) is 0 Å². The van der Waals surface area contributed by atoms with Crippen LogP contribution in [0.1, 0.15) is 46.5 Å². The van der Waals surface area contributed by atoms with Crippen molar-refractivity contribution >= 4 is 0 Å². The molecule has 1 aliphatic carbocycles. The van der Waals surface area contributed by atoms with Crippen LogP contribution in [0.3, 0.4) is 0 Å². The summed E-state index contributed by atoms with van der Waals surface area (Å²) in [7, 11) is 0. The fraction of sp³-hybridized carbons (Fsp3) is 0.818. The first-order chi connectivity index (χ1) is 5.54. The third-order valence-electron chi connectivity index (χ3n) is 2.91. The normalized spacial score (nSPS) is 25.3. The van der Waals surface area contributed by atoms with Gasteiger partial charge in [-0.1, -0.05) is 18.6 Å². The van der Waals surface area contributed by atoms with Gasteiger partial charge in [0.1, 0.15) is 0 Å². The highest BCUT2D eigenvalue weighted by Gasteiger charge is 2.28. The molecule has 0 amide bonds. The van der Waals surface area contributed by atoms with Gasteiger partial charge in [-0.15, -0.1) is 0 Å². The smallest absolute Gasteiger partial charge is 0.0622 e. The Morgan fingerprint density at radius 1 is 1.58 bits per heavy atom. The van der Waals surface area contributed by atoms with Gasteiger partial charge in [0.25, 0.3) is 0 Å². The van der Waals surface area contributed by atoms with E-state index in [9.17, 15) is 5.11 Å². The zero-order valence-electron chi connectivity index (χ0n) is 8.43. The highest BCUT2D eigenvalue weighted by Crippen LogP contribution is 2.33. The van der Waals surface area contributed by atoms with Crippen molar-refractivity contribution in [2.24, 2.45) is 5.92 Å². The van der Waals surface area contributed by atoms with Crippen molar-refractivity contribution < 1.29 is 5.11 Å². The molecule has 1 atom stereocenters. The molecule has 1 aliphatic rings. The molecule has 0 heterocycles. The van der Waals surface area contributed by atoms with Gasteiger partial charge in [-0.05, 0) is 45.4 Å². The predicted molar refractivity (Wildman–Crippen MR) is 52.0 cm³/mol. The maximum atomic E-state index is 9.83. The zero-order valence-corrected chi connectivity index (χ0v) is 8.43. The van der Waals surface area contributed by atoms with Crippen molar-refractivity contribution in [2.75, 3.05) is 0 Å². The first-order valence-corrected chi connectivity index (χ1v) is 4.94. The Labute approximate surface area is 75.5 Å². The van der Waals surface area contributed by atoms with E-state index in [0.29, 0.717) is 5.92 Å². The van der Waals surface area contributed by atoms with Crippen LogP contribution in [0.2, 0.25) is 0 Å². The molecule has 0 fully saturated rings. The molecule has 0 unspecified atom stereocenters. The minimum atomic E-state index is -0.491. The molecule has 0 aliphatic heterocycles. The van der Waals surface area contributed by atoms with Gasteiger partial charge in [-0.3, -0.25) is 0 Å². The molecule has 0 saturated heterocycles. The Hall–Kier alpha value is -0.300. The lowest BCUT2D eigenvalue weighted by Gasteiger charge is -2.32. The second kappa shape index (κ2) is 3.61. The van der Waals surface area contributed by atoms with Crippen molar-refractivity contribution in [3.63, 3.8) is 0 Å². The molecule has 0 bridgehead atoms. The summed E-state index contributed by atoms with van der Waals surface area (Å²) in [6, 6.07) is 0. The summed E-state index contributed by atoms with van der Waals surface area (Å²) >= 11 is 0. The highest BCUT2D eigenvalue weighted by molar-refractivity contribution is 5.08. The molecule has 1 N–H and O–H groups in total. The first-order valence-electron chi connectivity index (χ1n) is 4.94. The SMILES string of the molecule is CCC1=CCC[C@H](C(C)(C)O)C1. The van der Waals surface area contributed by atoms with Crippen LogP contribution in [0.25, 0.3) is 0 Å². The number of hydrogen-bond donors (Lipinski definition) is 1. The van der Waals surface area contributed by atoms with Crippen LogP contribution < -0.4 is 0 Å². The number of rotatable bonds is 2. The van der Waals surface area contributed by atoms with E-state index in [4.69, 9.17) is 0 Å². The van der Waals surface area contributed by atoms with Crippen molar-refractivity contribution in [3.8, 4) is 0 Å². The molecular formula is C11H20O. The largest absolute Gasteiger partial charge is 0.390 e. The van der Waals surface area contributed by atoms with E-state index in [2.05, 4.69) is 13.0 Å². The highest BCUT2D eigenvalue weighted by atomic mass is 16.3. The summed E-state index contributed by atoms with van der Waals surface area (Å²) in [5, 5.41) is 9.83. The number of hydrogen-bond acceptors (Lipinski definition) is 1. The summed E-state index contributed by atoms with van der Waals surface area (Å²) in [6.07, 6.45) is 6.87. The Balaban J connectivity index is 2.57. The molecule has 0 radical (unpaired) electrons. The molecule has 0 spiro atoms. The van der Waals surface area contributed by atoms with Gasteiger partial charge >= 0.3 is 0 Å². The Morgan fingerprint density at radius 2 is 2.25 bits per heavy atom. The van der Waals surface area contributed by atoms with E-state index in [-0.39, 0.29) is 0 Å². The van der Waals surface area contributed by atoms with E-state index in [1.54, 1.807) is 0 Å². The van der Waals surface area contributed by atoms with Gasteiger partial charge in [0.2, 0.25) is 0 Å². The quantitative estimate of drug-likeness (QED) is 0.629. The fourth-order valence-corrected chi connectivity index (χ4v) is 1.88. The average molecular weight is 168 g/mol. The summed E-state index contributed by atoms with van der Waals surface area (Å²) < 4.78 is 0. The van der Waals surface area contributed by atoms with E-state index in [0.717, 1.165) is 25.7 Å². The molecule has 0 aromatic heterocycles. The lowest BCUT2D eigenvalue weighted by Crippen LogP contribution is -2.32. The molecular weight excluding hydrogens is 148 g/mol. The Bertz CT molecular complexity index is 174. The Kier molecular flexibility index (Phi) is 2.94. The van der Waals surface area contributed by atoms with E-state index in [1.807, 2.05) is 13.8 Å². The second-order valence-electron chi connectivity index (χ2n) is 4.35. The fourth-order valence-electron chi connectivity index (χ4n) is 1.88. The van der Waals surface area contributed by atoms with Crippen LogP contribution in [0, 0.1) is 5.92 Å². The van der Waals surface area contributed by atoms with Gasteiger partial charge in [-0.25, -0.2) is 0 Å². The minimum Gasteiger partial charge on any atom is -0.390 e. The predicted octanol–water partition coefficient (Wildman–Crippen LogP) is 2.89.